The van der Waals surface area contributed by atoms with E-state index in [2.05, 4.69) is 10.00 Å². The van der Waals surface area contributed by atoms with E-state index >= 15 is 0 Å². The lowest BCUT2D eigenvalue weighted by atomic mass is 10.1. The van der Waals surface area contributed by atoms with Crippen LogP contribution in [0.5, 0.6) is 0 Å². The van der Waals surface area contributed by atoms with Crippen LogP contribution in [-0.2, 0) is 17.9 Å². The van der Waals surface area contributed by atoms with Gasteiger partial charge >= 0.3 is 0 Å². The van der Waals surface area contributed by atoms with E-state index in [0.29, 0.717) is 36.8 Å². The van der Waals surface area contributed by atoms with E-state index in [1.165, 1.54) is 6.07 Å². The van der Waals surface area contributed by atoms with Crippen LogP contribution in [-0.4, -0.2) is 51.7 Å². The van der Waals surface area contributed by atoms with Gasteiger partial charge in [-0.2, -0.15) is 5.10 Å². The van der Waals surface area contributed by atoms with Crippen LogP contribution in [0.3, 0.4) is 0 Å². The highest BCUT2D eigenvalue weighted by molar-refractivity contribution is 6.31. The fourth-order valence-electron chi connectivity index (χ4n) is 3.50. The lowest BCUT2D eigenvalue weighted by Gasteiger charge is -2.36. The van der Waals surface area contributed by atoms with E-state index in [-0.39, 0.29) is 17.6 Å². The highest BCUT2D eigenvalue weighted by atomic mass is 35.5. The molecule has 7 heteroatoms. The number of aromatic nitrogens is 2. The number of carbonyl (C=O) groups excluding carboxylic acids is 1. The maximum Gasteiger partial charge on any atom is 0.227 e. The Labute approximate surface area is 164 Å². The maximum atomic E-state index is 13.8. The Morgan fingerprint density at radius 3 is 2.48 bits per heavy atom. The van der Waals surface area contributed by atoms with Gasteiger partial charge in [0.25, 0.3) is 0 Å². The number of hydrogen-bond donors (Lipinski definition) is 0. The van der Waals surface area contributed by atoms with Crippen molar-refractivity contribution >= 4 is 17.5 Å². The van der Waals surface area contributed by atoms with Crippen molar-refractivity contribution in [3.05, 3.63) is 52.1 Å². The highest BCUT2D eigenvalue weighted by Crippen LogP contribution is 2.20. The summed E-state index contributed by atoms with van der Waals surface area (Å²) >= 11 is 6.19. The van der Waals surface area contributed by atoms with Crippen molar-refractivity contribution in [1.29, 1.82) is 0 Å². The minimum absolute atomic E-state index is 0.129. The van der Waals surface area contributed by atoms with Gasteiger partial charge in [-0.05, 0) is 19.9 Å². The maximum absolute atomic E-state index is 13.8. The summed E-state index contributed by atoms with van der Waals surface area (Å²) < 4.78 is 15.6. The van der Waals surface area contributed by atoms with Gasteiger partial charge in [0.2, 0.25) is 5.91 Å². The summed E-state index contributed by atoms with van der Waals surface area (Å²) in [6, 6.07) is 6.86. The molecule has 27 heavy (non-hydrogen) atoms. The Morgan fingerprint density at radius 2 is 1.89 bits per heavy atom. The smallest absolute Gasteiger partial charge is 0.227 e. The Morgan fingerprint density at radius 1 is 1.22 bits per heavy atom. The fraction of sp³-hybridized carbons (Fsp3) is 0.500. The molecule has 0 N–H and O–H groups in total. The highest BCUT2D eigenvalue weighted by Gasteiger charge is 2.26. The second kappa shape index (κ2) is 8.40. The molecule has 2 aromatic rings. The van der Waals surface area contributed by atoms with Gasteiger partial charge < -0.3 is 4.90 Å². The monoisotopic (exact) mass is 392 g/mol. The van der Waals surface area contributed by atoms with Crippen molar-refractivity contribution < 1.29 is 9.18 Å². The van der Waals surface area contributed by atoms with Crippen LogP contribution in [0.25, 0.3) is 0 Å². The molecule has 1 unspecified atom stereocenters. The Balaban J connectivity index is 1.53. The number of piperazine rings is 1. The number of aryl methyl sites for hydroxylation is 1. The number of benzene rings is 1. The third-order valence-corrected chi connectivity index (χ3v) is 5.74. The van der Waals surface area contributed by atoms with E-state index in [1.807, 2.05) is 42.5 Å². The zero-order chi connectivity index (χ0) is 19.6. The first-order valence-electron chi connectivity index (χ1n) is 9.31. The third-order valence-electron chi connectivity index (χ3n) is 5.20. The molecule has 5 nitrogen and oxygen atoms in total. The minimum Gasteiger partial charge on any atom is -0.340 e. The van der Waals surface area contributed by atoms with Gasteiger partial charge in [0.1, 0.15) is 5.82 Å². The Bertz CT molecular complexity index is 814. The largest absolute Gasteiger partial charge is 0.340 e. The molecule has 1 saturated heterocycles. The SMILES string of the molecule is Cc1nn(CC(C)C(=O)N2CCN(Cc3ccccc3F)CC2)c(C)c1Cl. The van der Waals surface area contributed by atoms with Crippen LogP contribution in [0.2, 0.25) is 5.02 Å². The molecule has 0 bridgehead atoms. The number of rotatable bonds is 5. The molecule has 2 heterocycles. The molecular formula is C20H26ClFN4O. The van der Waals surface area contributed by atoms with Gasteiger partial charge in [-0.3, -0.25) is 14.4 Å². The number of hydrogen-bond acceptors (Lipinski definition) is 3. The lowest BCUT2D eigenvalue weighted by molar-refractivity contribution is -0.137. The van der Waals surface area contributed by atoms with Crippen LogP contribution in [0.1, 0.15) is 23.9 Å². The van der Waals surface area contributed by atoms with Crippen LogP contribution in [0.15, 0.2) is 24.3 Å². The van der Waals surface area contributed by atoms with Crippen molar-refractivity contribution in [2.75, 3.05) is 26.2 Å². The first-order chi connectivity index (χ1) is 12.9. The van der Waals surface area contributed by atoms with Gasteiger partial charge in [0, 0.05) is 38.3 Å². The van der Waals surface area contributed by atoms with Crippen LogP contribution in [0.4, 0.5) is 4.39 Å². The van der Waals surface area contributed by atoms with E-state index in [9.17, 15) is 9.18 Å². The van der Waals surface area contributed by atoms with Crippen molar-refractivity contribution in [3.63, 3.8) is 0 Å². The topological polar surface area (TPSA) is 41.4 Å². The molecule has 0 aliphatic carbocycles. The van der Waals surface area contributed by atoms with Gasteiger partial charge in [-0.15, -0.1) is 0 Å². The van der Waals surface area contributed by atoms with Crippen molar-refractivity contribution in [1.82, 2.24) is 19.6 Å². The zero-order valence-corrected chi connectivity index (χ0v) is 16.8. The Kier molecular flexibility index (Phi) is 6.17. The molecule has 0 saturated carbocycles. The van der Waals surface area contributed by atoms with Crippen molar-refractivity contribution in [2.24, 2.45) is 5.92 Å². The number of halogens is 2. The van der Waals surface area contributed by atoms with E-state index in [1.54, 1.807) is 6.07 Å². The molecule has 1 atom stereocenters. The van der Waals surface area contributed by atoms with E-state index in [4.69, 9.17) is 11.6 Å². The van der Waals surface area contributed by atoms with Crippen LogP contribution in [0, 0.1) is 25.6 Å². The molecule has 1 amide bonds. The summed E-state index contributed by atoms with van der Waals surface area (Å²) in [5.74, 6) is -0.213. The molecule has 1 aliphatic rings. The van der Waals surface area contributed by atoms with Crippen LogP contribution < -0.4 is 0 Å². The minimum atomic E-state index is -0.173. The second-order valence-electron chi connectivity index (χ2n) is 7.26. The zero-order valence-electron chi connectivity index (χ0n) is 16.1. The van der Waals surface area contributed by atoms with E-state index < -0.39 is 0 Å². The molecule has 3 rings (SSSR count). The predicted octanol–water partition coefficient (Wildman–Crippen LogP) is 3.27. The van der Waals surface area contributed by atoms with Gasteiger partial charge in [0.15, 0.2) is 0 Å². The summed E-state index contributed by atoms with van der Waals surface area (Å²) in [7, 11) is 0. The first-order valence-corrected chi connectivity index (χ1v) is 9.68. The number of amides is 1. The summed E-state index contributed by atoms with van der Waals surface area (Å²) in [5, 5.41) is 5.08. The standard InChI is InChI=1S/C20H26ClFN4O/c1-14(12-26-16(3)19(21)15(2)23-26)20(27)25-10-8-24(9-11-25)13-17-6-4-5-7-18(17)22/h4-7,14H,8-13H2,1-3H3. The normalized spacial score (nSPS) is 16.6. The van der Waals surface area contributed by atoms with Gasteiger partial charge in [-0.25, -0.2) is 4.39 Å². The van der Waals surface area contributed by atoms with Crippen molar-refractivity contribution in [2.45, 2.75) is 33.9 Å². The molecule has 0 radical (unpaired) electrons. The quantitative estimate of drug-likeness (QED) is 0.784. The summed E-state index contributed by atoms with van der Waals surface area (Å²) in [4.78, 5) is 16.9. The average molecular weight is 393 g/mol. The van der Waals surface area contributed by atoms with E-state index in [0.717, 1.165) is 24.5 Å². The molecule has 1 aliphatic heterocycles. The third kappa shape index (κ3) is 4.50. The van der Waals surface area contributed by atoms with Gasteiger partial charge in [-0.1, -0.05) is 36.7 Å². The molecule has 1 fully saturated rings. The summed E-state index contributed by atoms with van der Waals surface area (Å²) in [6.45, 7) is 9.64. The molecule has 146 valence electrons. The fourth-order valence-corrected chi connectivity index (χ4v) is 3.63. The molecular weight excluding hydrogens is 367 g/mol. The molecule has 1 aromatic heterocycles. The first kappa shape index (κ1) is 19.8. The van der Waals surface area contributed by atoms with Gasteiger partial charge in [0.05, 0.1) is 28.9 Å². The van der Waals surface area contributed by atoms with Crippen LogP contribution >= 0.6 is 11.6 Å². The lowest BCUT2D eigenvalue weighted by Crippen LogP contribution is -2.50. The molecule has 1 aromatic carbocycles. The number of nitrogens with zero attached hydrogens (tertiary/aromatic N) is 4. The predicted molar refractivity (Wildman–Crippen MR) is 104 cm³/mol. The second-order valence-corrected chi connectivity index (χ2v) is 7.64. The Hall–Kier alpha value is -1.92. The average Bonchev–Trinajstić information content (AvgIpc) is 2.90. The molecule has 0 spiro atoms. The summed E-state index contributed by atoms with van der Waals surface area (Å²) in [6.07, 6.45) is 0. The summed E-state index contributed by atoms with van der Waals surface area (Å²) in [5.41, 5.74) is 2.38. The number of carbonyl (C=O) groups is 1. The van der Waals surface area contributed by atoms with Crippen molar-refractivity contribution in [3.8, 4) is 0 Å².